The lowest BCUT2D eigenvalue weighted by atomic mass is 9.73. The molecule has 4 heteroatoms. The fourth-order valence-corrected chi connectivity index (χ4v) is 4.93. The number of benzene rings is 2. The topological polar surface area (TPSA) is 49.4 Å². The molecule has 0 spiro atoms. The summed E-state index contributed by atoms with van der Waals surface area (Å²) in [5.74, 6) is -0.0186. The molecule has 2 fully saturated rings. The van der Waals surface area contributed by atoms with Crippen molar-refractivity contribution in [1.29, 1.82) is 0 Å². The monoisotopic (exact) mass is 362 g/mol. The van der Waals surface area contributed by atoms with Crippen LogP contribution in [0.5, 0.6) is 0 Å². The van der Waals surface area contributed by atoms with Gasteiger partial charge in [0.25, 0.3) is 5.91 Å². The van der Waals surface area contributed by atoms with Gasteiger partial charge >= 0.3 is 0 Å². The molecule has 140 valence electrons. The van der Waals surface area contributed by atoms with Gasteiger partial charge in [-0.3, -0.25) is 9.59 Å². The number of carbonyl (C=O) groups is 2. The van der Waals surface area contributed by atoms with Crippen LogP contribution < -0.4 is 5.32 Å². The Hall–Kier alpha value is -2.62. The van der Waals surface area contributed by atoms with Gasteiger partial charge in [0.05, 0.1) is 0 Å². The predicted octanol–water partition coefficient (Wildman–Crippen LogP) is 3.74. The molecule has 0 aliphatic carbocycles. The molecular weight excluding hydrogens is 336 g/mol. The fourth-order valence-electron chi connectivity index (χ4n) is 4.93. The van der Waals surface area contributed by atoms with Gasteiger partial charge in [-0.25, -0.2) is 0 Å². The Kier molecular flexibility index (Phi) is 4.50. The van der Waals surface area contributed by atoms with Gasteiger partial charge in [-0.05, 0) is 50.8 Å². The van der Waals surface area contributed by atoms with Crippen LogP contribution in [0, 0.1) is 0 Å². The Morgan fingerprint density at radius 2 is 1.67 bits per heavy atom. The van der Waals surface area contributed by atoms with Crippen molar-refractivity contribution < 1.29 is 9.59 Å². The average molecular weight is 362 g/mol. The maximum absolute atomic E-state index is 13.5. The molecule has 1 N–H and O–H groups in total. The predicted molar refractivity (Wildman–Crippen MR) is 105 cm³/mol. The number of rotatable bonds is 4. The number of amides is 2. The molecule has 2 aromatic rings. The van der Waals surface area contributed by atoms with Crippen LogP contribution >= 0.6 is 0 Å². The highest BCUT2D eigenvalue weighted by atomic mass is 16.2. The zero-order chi connectivity index (χ0) is 19.0. The second kappa shape index (κ2) is 6.84. The molecule has 0 radical (unpaired) electrons. The van der Waals surface area contributed by atoms with Crippen LogP contribution in [-0.4, -0.2) is 34.3 Å². The van der Waals surface area contributed by atoms with E-state index in [-0.39, 0.29) is 29.8 Å². The fraction of sp³-hybridized carbons (Fsp3) is 0.391. The summed E-state index contributed by atoms with van der Waals surface area (Å²) in [4.78, 5) is 28.8. The van der Waals surface area contributed by atoms with Crippen LogP contribution in [0.15, 0.2) is 60.7 Å². The molecule has 2 bridgehead atoms. The summed E-state index contributed by atoms with van der Waals surface area (Å²) in [6.07, 6.45) is 2.44. The van der Waals surface area contributed by atoms with Crippen molar-refractivity contribution in [2.24, 2.45) is 0 Å². The Morgan fingerprint density at radius 1 is 1.04 bits per heavy atom. The third-order valence-corrected chi connectivity index (χ3v) is 5.99. The lowest BCUT2D eigenvalue weighted by Gasteiger charge is -2.39. The highest BCUT2D eigenvalue weighted by Gasteiger charge is 2.64. The lowest BCUT2D eigenvalue weighted by molar-refractivity contribution is -0.131. The summed E-state index contributed by atoms with van der Waals surface area (Å²) in [6.45, 7) is 3.94. The van der Waals surface area contributed by atoms with Crippen LogP contribution in [0.1, 0.15) is 54.9 Å². The lowest BCUT2D eigenvalue weighted by Crippen LogP contribution is -2.59. The molecule has 2 aliphatic heterocycles. The van der Waals surface area contributed by atoms with Crippen LogP contribution in [0.25, 0.3) is 0 Å². The smallest absolute Gasteiger partial charge is 0.255 e. The summed E-state index contributed by atoms with van der Waals surface area (Å²) in [5, 5.41) is 3.11. The minimum atomic E-state index is -0.802. The molecule has 2 aromatic carbocycles. The Labute approximate surface area is 160 Å². The van der Waals surface area contributed by atoms with E-state index in [2.05, 4.69) is 17.4 Å². The van der Waals surface area contributed by atoms with Gasteiger partial charge in [0.15, 0.2) is 0 Å². The number of nitrogens with one attached hydrogen (secondary N) is 1. The van der Waals surface area contributed by atoms with E-state index in [0.717, 1.165) is 18.4 Å². The quantitative estimate of drug-likeness (QED) is 0.901. The first kappa shape index (κ1) is 17.8. The minimum Gasteiger partial charge on any atom is -0.352 e. The van der Waals surface area contributed by atoms with Gasteiger partial charge in [-0.1, -0.05) is 48.5 Å². The molecule has 2 saturated heterocycles. The van der Waals surface area contributed by atoms with Gasteiger partial charge < -0.3 is 10.2 Å². The molecule has 2 heterocycles. The van der Waals surface area contributed by atoms with Gasteiger partial charge in [0.2, 0.25) is 5.91 Å². The maximum Gasteiger partial charge on any atom is 0.255 e. The van der Waals surface area contributed by atoms with E-state index in [9.17, 15) is 9.59 Å². The number of hydrogen-bond acceptors (Lipinski definition) is 2. The van der Waals surface area contributed by atoms with Gasteiger partial charge in [-0.15, -0.1) is 0 Å². The van der Waals surface area contributed by atoms with E-state index in [1.54, 1.807) is 0 Å². The van der Waals surface area contributed by atoms with Crippen molar-refractivity contribution in [3.63, 3.8) is 0 Å². The van der Waals surface area contributed by atoms with Crippen molar-refractivity contribution in [3.05, 3.63) is 71.8 Å². The SMILES string of the molecule is CC(C)NC(=O)[C@]12CC[C@H](C[C@H]1c1ccccc1)N2C(=O)c1ccccc1. The van der Waals surface area contributed by atoms with Crippen molar-refractivity contribution in [3.8, 4) is 0 Å². The van der Waals surface area contributed by atoms with Crippen LogP contribution in [0.2, 0.25) is 0 Å². The highest BCUT2D eigenvalue weighted by Crippen LogP contribution is 2.55. The number of nitrogens with zero attached hydrogens (tertiary/aromatic N) is 1. The zero-order valence-electron chi connectivity index (χ0n) is 15.9. The van der Waals surface area contributed by atoms with Crippen molar-refractivity contribution in [2.45, 2.75) is 56.7 Å². The minimum absolute atomic E-state index is 0.0179. The van der Waals surface area contributed by atoms with Crippen LogP contribution in [-0.2, 0) is 4.79 Å². The van der Waals surface area contributed by atoms with Crippen molar-refractivity contribution in [1.82, 2.24) is 10.2 Å². The first-order chi connectivity index (χ1) is 13.0. The second-order valence-electron chi connectivity index (χ2n) is 7.99. The van der Waals surface area contributed by atoms with E-state index in [1.807, 2.05) is 67.3 Å². The molecule has 2 amide bonds. The number of carbonyl (C=O) groups excluding carboxylic acids is 2. The highest BCUT2D eigenvalue weighted by molar-refractivity contribution is 6.01. The van der Waals surface area contributed by atoms with Crippen LogP contribution in [0.4, 0.5) is 0 Å². The normalized spacial score (nSPS) is 26.4. The van der Waals surface area contributed by atoms with E-state index >= 15 is 0 Å². The maximum atomic E-state index is 13.5. The molecule has 2 aliphatic rings. The average Bonchev–Trinajstić information content (AvgIpc) is 3.23. The summed E-state index contributed by atoms with van der Waals surface area (Å²) < 4.78 is 0. The van der Waals surface area contributed by atoms with Crippen molar-refractivity contribution >= 4 is 11.8 Å². The third-order valence-electron chi connectivity index (χ3n) is 5.99. The van der Waals surface area contributed by atoms with E-state index in [0.29, 0.717) is 12.0 Å². The molecule has 4 nitrogen and oxygen atoms in total. The molecule has 0 unspecified atom stereocenters. The first-order valence-electron chi connectivity index (χ1n) is 9.78. The summed E-state index contributed by atoms with van der Waals surface area (Å²) in [5.41, 5.74) is 0.993. The zero-order valence-corrected chi connectivity index (χ0v) is 15.9. The molecule has 3 atom stereocenters. The van der Waals surface area contributed by atoms with E-state index < -0.39 is 5.54 Å². The van der Waals surface area contributed by atoms with Gasteiger partial charge in [0, 0.05) is 23.6 Å². The first-order valence-corrected chi connectivity index (χ1v) is 9.78. The molecule has 27 heavy (non-hydrogen) atoms. The third kappa shape index (κ3) is 2.84. The van der Waals surface area contributed by atoms with E-state index in [1.165, 1.54) is 0 Å². The van der Waals surface area contributed by atoms with Crippen molar-refractivity contribution in [2.75, 3.05) is 0 Å². The molecule has 0 aromatic heterocycles. The molecular formula is C23H26N2O2. The summed E-state index contributed by atoms with van der Waals surface area (Å²) >= 11 is 0. The Morgan fingerprint density at radius 3 is 2.30 bits per heavy atom. The summed E-state index contributed by atoms with van der Waals surface area (Å²) in [7, 11) is 0. The number of fused-ring (bicyclic) bond motifs is 2. The molecule has 0 saturated carbocycles. The van der Waals surface area contributed by atoms with Crippen LogP contribution in [0.3, 0.4) is 0 Å². The number of hydrogen-bond donors (Lipinski definition) is 1. The summed E-state index contributed by atoms with van der Waals surface area (Å²) in [6, 6.07) is 19.7. The largest absolute Gasteiger partial charge is 0.352 e. The Bertz CT molecular complexity index is 834. The molecule has 4 rings (SSSR count). The van der Waals surface area contributed by atoms with E-state index in [4.69, 9.17) is 0 Å². The standard InChI is InChI=1S/C23H26N2O2/c1-16(2)24-22(27)23-14-13-19(15-20(23)17-9-5-3-6-10-17)25(23)21(26)18-11-7-4-8-12-18/h3-12,16,19-20H,13-15H2,1-2H3,(H,24,27)/t19-,20+,23+/m1/s1. The Balaban J connectivity index is 1.79. The second-order valence-corrected chi connectivity index (χ2v) is 7.99. The van der Waals surface area contributed by atoms with Gasteiger partial charge in [-0.2, -0.15) is 0 Å². The van der Waals surface area contributed by atoms with Gasteiger partial charge in [0.1, 0.15) is 5.54 Å².